The van der Waals surface area contributed by atoms with Gasteiger partial charge in [-0.05, 0) is 24.1 Å². The zero-order valence-electron chi connectivity index (χ0n) is 8.95. The van der Waals surface area contributed by atoms with Crippen LogP contribution in [0.15, 0.2) is 24.3 Å². The predicted octanol–water partition coefficient (Wildman–Crippen LogP) is 1.87. The van der Waals surface area contributed by atoms with Crippen LogP contribution in [0.4, 0.5) is 0 Å². The average Bonchev–Trinajstić information content (AvgIpc) is 2.33. The highest BCUT2D eigenvalue weighted by Crippen LogP contribution is 2.12. The molecule has 0 radical (unpaired) electrons. The molecule has 0 unspecified atom stereocenters. The lowest BCUT2D eigenvalue weighted by atomic mass is 10.1. The summed E-state index contributed by atoms with van der Waals surface area (Å²) in [4.78, 5) is 0. The summed E-state index contributed by atoms with van der Waals surface area (Å²) >= 11 is 5.83. The molecule has 2 atom stereocenters. The number of terminal acetylenes is 1. The van der Waals surface area contributed by atoms with E-state index in [2.05, 4.69) is 11.2 Å². The van der Waals surface area contributed by atoms with Crippen LogP contribution < -0.4 is 5.32 Å². The normalized spacial score (nSPS) is 25.0. The summed E-state index contributed by atoms with van der Waals surface area (Å²) < 4.78 is 5.51. The summed E-state index contributed by atoms with van der Waals surface area (Å²) in [7, 11) is 0. The summed E-state index contributed by atoms with van der Waals surface area (Å²) in [5.41, 5.74) is 1.25. The molecule has 16 heavy (non-hydrogen) atoms. The number of hydrogen-bond donors (Lipinski definition) is 1. The smallest absolute Gasteiger partial charge is 0.130 e. The molecule has 1 aliphatic rings. The van der Waals surface area contributed by atoms with Crippen LogP contribution in [0.3, 0.4) is 0 Å². The first-order chi connectivity index (χ1) is 7.78. The molecule has 0 amide bonds. The van der Waals surface area contributed by atoms with E-state index in [9.17, 15) is 0 Å². The van der Waals surface area contributed by atoms with Gasteiger partial charge in [0.2, 0.25) is 0 Å². The summed E-state index contributed by atoms with van der Waals surface area (Å²) in [6, 6.07) is 8.23. The second kappa shape index (κ2) is 5.36. The zero-order chi connectivity index (χ0) is 11.4. The van der Waals surface area contributed by atoms with Gasteiger partial charge in [0, 0.05) is 17.6 Å². The minimum atomic E-state index is -0.0820. The number of ether oxygens (including phenoxy) is 1. The maximum Gasteiger partial charge on any atom is 0.130 e. The van der Waals surface area contributed by atoms with E-state index in [-0.39, 0.29) is 6.10 Å². The lowest BCUT2D eigenvalue weighted by Gasteiger charge is -2.27. The van der Waals surface area contributed by atoms with Gasteiger partial charge in [-0.2, -0.15) is 0 Å². The Kier molecular flexibility index (Phi) is 3.84. The van der Waals surface area contributed by atoms with Crippen molar-refractivity contribution in [3.05, 3.63) is 34.9 Å². The first-order valence-corrected chi connectivity index (χ1v) is 5.71. The van der Waals surface area contributed by atoms with E-state index >= 15 is 0 Å². The van der Waals surface area contributed by atoms with Gasteiger partial charge >= 0.3 is 0 Å². The zero-order valence-corrected chi connectivity index (χ0v) is 9.70. The molecule has 84 valence electrons. The van der Waals surface area contributed by atoms with Gasteiger partial charge in [0.1, 0.15) is 6.10 Å². The number of nitrogens with one attached hydrogen (secondary N) is 1. The maximum atomic E-state index is 5.83. The van der Waals surface area contributed by atoms with Crippen molar-refractivity contribution in [1.29, 1.82) is 0 Å². The van der Waals surface area contributed by atoms with Crippen molar-refractivity contribution in [3.8, 4) is 12.3 Å². The molecule has 0 aromatic heterocycles. The van der Waals surface area contributed by atoms with Crippen LogP contribution in [0.5, 0.6) is 0 Å². The highest BCUT2D eigenvalue weighted by Gasteiger charge is 2.19. The molecule has 0 spiro atoms. The van der Waals surface area contributed by atoms with Crippen LogP contribution in [0.25, 0.3) is 0 Å². The van der Waals surface area contributed by atoms with Gasteiger partial charge in [0.25, 0.3) is 0 Å². The van der Waals surface area contributed by atoms with Crippen molar-refractivity contribution in [2.45, 2.75) is 18.6 Å². The molecule has 2 nitrogen and oxygen atoms in total. The number of hydrogen-bond acceptors (Lipinski definition) is 2. The fourth-order valence-electron chi connectivity index (χ4n) is 1.77. The summed E-state index contributed by atoms with van der Waals surface area (Å²) in [6.07, 6.45) is 6.15. The van der Waals surface area contributed by atoms with Crippen LogP contribution in [0, 0.1) is 12.3 Å². The van der Waals surface area contributed by atoms with Crippen molar-refractivity contribution < 1.29 is 4.74 Å². The lowest BCUT2D eigenvalue weighted by Crippen LogP contribution is -2.46. The Bertz CT molecular complexity index is 374. The van der Waals surface area contributed by atoms with Crippen LogP contribution in [0.1, 0.15) is 5.56 Å². The third kappa shape index (κ3) is 2.99. The van der Waals surface area contributed by atoms with Gasteiger partial charge in [-0.1, -0.05) is 29.7 Å². The molecule has 1 fully saturated rings. The summed E-state index contributed by atoms with van der Waals surface area (Å²) in [5.74, 6) is 2.59. The van der Waals surface area contributed by atoms with Crippen LogP contribution >= 0.6 is 11.6 Å². The first-order valence-electron chi connectivity index (χ1n) is 5.33. The second-order valence-electron chi connectivity index (χ2n) is 3.92. The molecule has 3 heteroatoms. The van der Waals surface area contributed by atoms with E-state index in [1.807, 2.05) is 24.3 Å². The summed E-state index contributed by atoms with van der Waals surface area (Å²) in [5, 5.41) is 4.15. The van der Waals surface area contributed by atoms with Crippen molar-refractivity contribution in [1.82, 2.24) is 5.32 Å². The minimum absolute atomic E-state index is 0.0820. The predicted molar refractivity (Wildman–Crippen MR) is 65.5 cm³/mol. The van der Waals surface area contributed by atoms with Crippen molar-refractivity contribution >= 4 is 11.6 Å². The van der Waals surface area contributed by atoms with Gasteiger partial charge in [0.15, 0.2) is 0 Å². The lowest BCUT2D eigenvalue weighted by molar-refractivity contribution is 0.0373. The molecular weight excluding hydrogens is 222 g/mol. The van der Waals surface area contributed by atoms with Crippen molar-refractivity contribution in [2.24, 2.45) is 0 Å². The Morgan fingerprint density at radius 2 is 2.19 bits per heavy atom. The SMILES string of the molecule is C#C[C@H]1CN[C@@H](Cc2ccc(Cl)cc2)CO1. The molecule has 1 aromatic carbocycles. The highest BCUT2D eigenvalue weighted by atomic mass is 35.5. The van der Waals surface area contributed by atoms with Gasteiger partial charge < -0.3 is 10.1 Å². The van der Waals surface area contributed by atoms with E-state index < -0.39 is 0 Å². The topological polar surface area (TPSA) is 21.3 Å². The maximum absolute atomic E-state index is 5.83. The third-order valence-electron chi connectivity index (χ3n) is 2.67. The Hall–Kier alpha value is -1.01. The van der Waals surface area contributed by atoms with E-state index in [0.29, 0.717) is 12.6 Å². The average molecular weight is 236 g/mol. The molecule has 1 saturated heterocycles. The molecule has 1 aliphatic heterocycles. The number of benzene rings is 1. The van der Waals surface area contributed by atoms with E-state index in [1.165, 1.54) is 5.56 Å². The standard InChI is InChI=1S/C13H14ClNO/c1-2-13-8-15-12(9-16-13)7-10-3-5-11(14)6-4-10/h1,3-6,12-13,15H,7-9H2/t12-,13-/m0/s1. The van der Waals surface area contributed by atoms with Crippen LogP contribution in [-0.4, -0.2) is 25.3 Å². The van der Waals surface area contributed by atoms with Gasteiger partial charge in [0.05, 0.1) is 6.61 Å². The molecule has 0 aliphatic carbocycles. The fourth-order valence-corrected chi connectivity index (χ4v) is 1.89. The molecular formula is C13H14ClNO. The first kappa shape index (κ1) is 11.5. The van der Waals surface area contributed by atoms with Crippen molar-refractivity contribution in [3.63, 3.8) is 0 Å². The number of morpholine rings is 1. The van der Waals surface area contributed by atoms with Crippen LogP contribution in [-0.2, 0) is 11.2 Å². The third-order valence-corrected chi connectivity index (χ3v) is 2.92. The Morgan fingerprint density at radius 1 is 1.44 bits per heavy atom. The van der Waals surface area contributed by atoms with E-state index in [0.717, 1.165) is 18.0 Å². The monoisotopic (exact) mass is 235 g/mol. The molecule has 2 rings (SSSR count). The van der Waals surface area contributed by atoms with Gasteiger partial charge in [-0.25, -0.2) is 0 Å². The Morgan fingerprint density at radius 3 is 2.75 bits per heavy atom. The highest BCUT2D eigenvalue weighted by molar-refractivity contribution is 6.30. The quantitative estimate of drug-likeness (QED) is 0.791. The van der Waals surface area contributed by atoms with E-state index in [1.54, 1.807) is 0 Å². The fraction of sp³-hybridized carbons (Fsp3) is 0.385. The molecule has 1 heterocycles. The minimum Gasteiger partial charge on any atom is -0.363 e. The molecule has 0 bridgehead atoms. The van der Waals surface area contributed by atoms with Crippen LogP contribution in [0.2, 0.25) is 5.02 Å². The molecule has 0 saturated carbocycles. The number of halogens is 1. The van der Waals surface area contributed by atoms with Crippen molar-refractivity contribution in [2.75, 3.05) is 13.2 Å². The Labute approximate surface area is 101 Å². The largest absolute Gasteiger partial charge is 0.363 e. The second-order valence-corrected chi connectivity index (χ2v) is 4.36. The van der Waals surface area contributed by atoms with E-state index in [4.69, 9.17) is 22.8 Å². The molecule has 1 N–H and O–H groups in total. The molecule has 1 aromatic rings. The number of rotatable bonds is 2. The Balaban J connectivity index is 1.87. The summed E-state index contributed by atoms with van der Waals surface area (Å²) in [6.45, 7) is 1.40. The van der Waals surface area contributed by atoms with Gasteiger partial charge in [-0.3, -0.25) is 0 Å². The van der Waals surface area contributed by atoms with Gasteiger partial charge in [-0.15, -0.1) is 6.42 Å².